The van der Waals surface area contributed by atoms with Crippen LogP contribution in [-0.4, -0.2) is 35.6 Å². The molecule has 1 aromatic rings. The lowest BCUT2D eigenvalue weighted by Crippen LogP contribution is -2.44. The highest BCUT2D eigenvalue weighted by atomic mass is 16.5. The molecular formula is C13H19N3O2. The predicted octanol–water partition coefficient (Wildman–Crippen LogP) is 1.65. The Labute approximate surface area is 107 Å². The highest BCUT2D eigenvalue weighted by Gasteiger charge is 2.38. The standard InChI is InChI=1S/C13H19N3O2/c1-3-18-11(17)13(2)5-9-16(10-6-13)12-14-7-4-8-15-12/h4,7-8H,3,5-6,9-10H2,1-2H3. The van der Waals surface area contributed by atoms with Crippen LogP contribution in [0.25, 0.3) is 0 Å². The Bertz CT molecular complexity index is 400. The number of carbonyl (C=O) groups excluding carboxylic acids is 1. The van der Waals surface area contributed by atoms with Crippen molar-refractivity contribution in [3.63, 3.8) is 0 Å². The van der Waals surface area contributed by atoms with Gasteiger partial charge in [0.25, 0.3) is 0 Å². The molecule has 0 aromatic carbocycles. The van der Waals surface area contributed by atoms with Crippen LogP contribution in [0, 0.1) is 5.41 Å². The molecule has 0 atom stereocenters. The first-order valence-corrected chi connectivity index (χ1v) is 6.35. The Balaban J connectivity index is 1.97. The maximum absolute atomic E-state index is 11.9. The van der Waals surface area contributed by atoms with Crippen LogP contribution < -0.4 is 4.90 Å². The maximum atomic E-state index is 11.9. The zero-order valence-electron chi connectivity index (χ0n) is 10.9. The summed E-state index contributed by atoms with van der Waals surface area (Å²) in [4.78, 5) is 22.5. The molecule has 0 saturated carbocycles. The van der Waals surface area contributed by atoms with Gasteiger partial charge in [-0.3, -0.25) is 4.79 Å². The quantitative estimate of drug-likeness (QED) is 0.762. The lowest BCUT2D eigenvalue weighted by Gasteiger charge is -2.37. The summed E-state index contributed by atoms with van der Waals surface area (Å²) in [7, 11) is 0. The Morgan fingerprint density at radius 3 is 2.56 bits per heavy atom. The van der Waals surface area contributed by atoms with E-state index in [9.17, 15) is 4.79 Å². The van der Waals surface area contributed by atoms with Crippen molar-refractivity contribution in [1.29, 1.82) is 0 Å². The molecule has 0 radical (unpaired) electrons. The van der Waals surface area contributed by atoms with Crippen LogP contribution >= 0.6 is 0 Å². The minimum absolute atomic E-state index is 0.0846. The van der Waals surface area contributed by atoms with E-state index in [1.54, 1.807) is 18.5 Å². The molecular weight excluding hydrogens is 230 g/mol. The molecule has 5 nitrogen and oxygen atoms in total. The highest BCUT2D eigenvalue weighted by molar-refractivity contribution is 5.76. The van der Waals surface area contributed by atoms with Crippen molar-refractivity contribution in [3.05, 3.63) is 18.5 Å². The van der Waals surface area contributed by atoms with Gasteiger partial charge in [-0.15, -0.1) is 0 Å². The summed E-state index contributed by atoms with van der Waals surface area (Å²) >= 11 is 0. The van der Waals surface area contributed by atoms with Gasteiger partial charge in [0.1, 0.15) is 0 Å². The van der Waals surface area contributed by atoms with Crippen molar-refractivity contribution in [3.8, 4) is 0 Å². The van der Waals surface area contributed by atoms with Gasteiger partial charge in [0.15, 0.2) is 0 Å². The molecule has 2 heterocycles. The lowest BCUT2D eigenvalue weighted by molar-refractivity contribution is -0.155. The number of hydrogen-bond donors (Lipinski definition) is 0. The van der Waals surface area contributed by atoms with Gasteiger partial charge < -0.3 is 9.64 Å². The molecule has 0 amide bonds. The zero-order chi connectivity index (χ0) is 13.0. The minimum Gasteiger partial charge on any atom is -0.466 e. The first-order valence-electron chi connectivity index (χ1n) is 6.35. The van der Waals surface area contributed by atoms with Gasteiger partial charge in [-0.25, -0.2) is 9.97 Å². The predicted molar refractivity (Wildman–Crippen MR) is 68.2 cm³/mol. The first-order chi connectivity index (χ1) is 8.65. The third kappa shape index (κ3) is 2.60. The fraction of sp³-hybridized carbons (Fsp3) is 0.615. The normalized spacial score (nSPS) is 18.4. The molecule has 2 rings (SSSR count). The smallest absolute Gasteiger partial charge is 0.311 e. The second kappa shape index (κ2) is 5.33. The molecule has 1 saturated heterocycles. The molecule has 1 aliphatic rings. The third-order valence-electron chi connectivity index (χ3n) is 3.47. The van der Waals surface area contributed by atoms with Gasteiger partial charge in [0.05, 0.1) is 12.0 Å². The largest absolute Gasteiger partial charge is 0.466 e. The van der Waals surface area contributed by atoms with Gasteiger partial charge in [0.2, 0.25) is 5.95 Å². The molecule has 0 unspecified atom stereocenters. The Morgan fingerprint density at radius 2 is 2.00 bits per heavy atom. The van der Waals surface area contributed by atoms with Gasteiger partial charge in [0, 0.05) is 25.5 Å². The number of rotatable bonds is 3. The summed E-state index contributed by atoms with van der Waals surface area (Å²) in [6.45, 7) is 5.85. The monoisotopic (exact) mass is 249 g/mol. The minimum atomic E-state index is -0.360. The van der Waals surface area contributed by atoms with Crippen LogP contribution in [0.4, 0.5) is 5.95 Å². The molecule has 98 valence electrons. The van der Waals surface area contributed by atoms with Crippen molar-refractivity contribution in [1.82, 2.24) is 9.97 Å². The number of aromatic nitrogens is 2. The lowest BCUT2D eigenvalue weighted by atomic mass is 9.80. The maximum Gasteiger partial charge on any atom is 0.311 e. The van der Waals surface area contributed by atoms with Gasteiger partial charge in [-0.05, 0) is 32.8 Å². The van der Waals surface area contributed by atoms with Crippen molar-refractivity contribution in [2.24, 2.45) is 5.41 Å². The number of hydrogen-bond acceptors (Lipinski definition) is 5. The second-order valence-corrected chi connectivity index (χ2v) is 4.82. The average molecular weight is 249 g/mol. The summed E-state index contributed by atoms with van der Waals surface area (Å²) in [5, 5.41) is 0. The molecule has 0 spiro atoms. The molecule has 18 heavy (non-hydrogen) atoms. The molecule has 0 N–H and O–H groups in total. The SMILES string of the molecule is CCOC(=O)C1(C)CCN(c2ncccn2)CC1. The highest BCUT2D eigenvalue weighted by Crippen LogP contribution is 2.33. The number of ether oxygens (including phenoxy) is 1. The van der Waals surface area contributed by atoms with Gasteiger partial charge in [-0.2, -0.15) is 0 Å². The van der Waals surface area contributed by atoms with Gasteiger partial charge in [-0.1, -0.05) is 0 Å². The number of anilines is 1. The summed E-state index contributed by atoms with van der Waals surface area (Å²) in [6.07, 6.45) is 5.04. The number of nitrogens with zero attached hydrogens (tertiary/aromatic N) is 3. The van der Waals surface area contributed by atoms with E-state index in [0.29, 0.717) is 6.61 Å². The van der Waals surface area contributed by atoms with Crippen LogP contribution in [0.2, 0.25) is 0 Å². The van der Waals surface area contributed by atoms with Crippen LogP contribution in [0.1, 0.15) is 26.7 Å². The average Bonchev–Trinajstić information content (AvgIpc) is 2.41. The van der Waals surface area contributed by atoms with E-state index in [1.807, 2.05) is 13.8 Å². The Hall–Kier alpha value is -1.65. The van der Waals surface area contributed by atoms with E-state index in [2.05, 4.69) is 14.9 Å². The third-order valence-corrected chi connectivity index (χ3v) is 3.47. The van der Waals surface area contributed by atoms with E-state index in [0.717, 1.165) is 31.9 Å². The van der Waals surface area contributed by atoms with Crippen LogP contribution in [0.5, 0.6) is 0 Å². The summed E-state index contributed by atoms with van der Waals surface area (Å²) in [5.41, 5.74) is -0.360. The van der Waals surface area contributed by atoms with Gasteiger partial charge >= 0.3 is 5.97 Å². The molecule has 1 fully saturated rings. The molecule has 1 aliphatic heterocycles. The van der Waals surface area contributed by atoms with Crippen molar-refractivity contribution in [2.75, 3.05) is 24.6 Å². The van der Waals surface area contributed by atoms with E-state index in [4.69, 9.17) is 4.74 Å². The Kier molecular flexibility index (Phi) is 3.79. The van der Waals surface area contributed by atoms with E-state index in [-0.39, 0.29) is 11.4 Å². The summed E-state index contributed by atoms with van der Waals surface area (Å²) in [6, 6.07) is 1.80. The number of esters is 1. The van der Waals surface area contributed by atoms with Crippen molar-refractivity contribution < 1.29 is 9.53 Å². The fourth-order valence-corrected chi connectivity index (χ4v) is 2.16. The Morgan fingerprint density at radius 1 is 1.39 bits per heavy atom. The fourth-order valence-electron chi connectivity index (χ4n) is 2.16. The number of carbonyl (C=O) groups is 1. The topological polar surface area (TPSA) is 55.3 Å². The first kappa shape index (κ1) is 12.8. The van der Waals surface area contributed by atoms with Crippen LogP contribution in [0.15, 0.2) is 18.5 Å². The summed E-state index contributed by atoms with van der Waals surface area (Å²) in [5.74, 6) is 0.655. The zero-order valence-corrected chi connectivity index (χ0v) is 10.9. The molecule has 0 bridgehead atoms. The molecule has 1 aromatic heterocycles. The van der Waals surface area contributed by atoms with Crippen molar-refractivity contribution in [2.45, 2.75) is 26.7 Å². The molecule has 0 aliphatic carbocycles. The van der Waals surface area contributed by atoms with Crippen LogP contribution in [0.3, 0.4) is 0 Å². The van der Waals surface area contributed by atoms with E-state index < -0.39 is 0 Å². The second-order valence-electron chi connectivity index (χ2n) is 4.82. The van der Waals surface area contributed by atoms with E-state index >= 15 is 0 Å². The summed E-state index contributed by atoms with van der Waals surface area (Å²) < 4.78 is 5.14. The van der Waals surface area contributed by atoms with Crippen molar-refractivity contribution >= 4 is 11.9 Å². The van der Waals surface area contributed by atoms with E-state index in [1.165, 1.54) is 0 Å². The number of piperidine rings is 1. The molecule has 5 heteroatoms. The van der Waals surface area contributed by atoms with Crippen LogP contribution in [-0.2, 0) is 9.53 Å².